The molecule has 0 bridgehead atoms. The van der Waals surface area contributed by atoms with Gasteiger partial charge < -0.3 is 40.6 Å². The topological polar surface area (TPSA) is 410 Å². The van der Waals surface area contributed by atoms with Gasteiger partial charge in [0.1, 0.15) is 0 Å². The zero-order chi connectivity index (χ0) is 47.2. The van der Waals surface area contributed by atoms with Crippen molar-refractivity contribution in [3.63, 3.8) is 0 Å². The Hall–Kier alpha value is -10.1. The first-order chi connectivity index (χ1) is 30.8. The van der Waals surface area contributed by atoms with Crippen LogP contribution >= 0.6 is 0 Å². The van der Waals surface area contributed by atoms with E-state index in [1.807, 2.05) is 49.1 Å². The number of carbonyl (C=O) groups is 6. The lowest BCUT2D eigenvalue weighted by atomic mass is 10.5. The van der Waals surface area contributed by atoms with Gasteiger partial charge in [0.05, 0.1) is 37.2 Å². The molecule has 328 valence electrons. The molecule has 64 heavy (non-hydrogen) atoms. The fourth-order valence-electron chi connectivity index (χ4n) is 3.01. The average molecular weight is 879 g/mol. The van der Waals surface area contributed by atoms with E-state index in [9.17, 15) is 28.8 Å². The van der Waals surface area contributed by atoms with Crippen LogP contribution in [-0.2, 0) is 0 Å². The summed E-state index contributed by atoms with van der Waals surface area (Å²) in [7, 11) is 0. The van der Waals surface area contributed by atoms with Crippen LogP contribution in [0.4, 0.5) is 0 Å². The van der Waals surface area contributed by atoms with Crippen LogP contribution in [0.25, 0.3) is 0 Å². The van der Waals surface area contributed by atoms with Gasteiger partial charge in [-0.3, -0.25) is 29.9 Å². The lowest BCUT2D eigenvalue weighted by molar-refractivity contribution is 0.0679. The van der Waals surface area contributed by atoms with Crippen LogP contribution in [0.1, 0.15) is 62.9 Å². The van der Waals surface area contributed by atoms with Crippen LogP contribution in [0, 0.1) is 0 Å². The molecule has 26 heteroatoms. The Morgan fingerprint density at radius 1 is 0.281 bits per heavy atom. The van der Waals surface area contributed by atoms with Crippen molar-refractivity contribution in [1.82, 2.24) is 69.8 Å². The normalized spacial score (nSPS) is 8.75. The molecule has 0 radical (unpaired) electrons. The zero-order valence-electron chi connectivity index (χ0n) is 32.5. The van der Waals surface area contributed by atoms with Gasteiger partial charge in [-0.25, -0.2) is 58.7 Å². The van der Waals surface area contributed by atoms with Crippen LogP contribution in [0.3, 0.4) is 0 Å². The first-order valence-electron chi connectivity index (χ1n) is 16.9. The summed E-state index contributed by atoms with van der Waals surface area (Å²) < 4.78 is 0. The fourth-order valence-corrected chi connectivity index (χ4v) is 3.01. The SMILES string of the molecule is O=C(O)c1cnccn1.O=C(O)c1cnccn1.O=C(O)c1cnccn1.O=C(O)c1cnccn1.O=C(O)c1cnccn1.O=C(O)c1cnccn1.c1cc[nH]c1.c1cc[nH]c1. The predicted octanol–water partition coefficient (Wildman–Crippen LogP) is 3.08. The Kier molecular flexibility index (Phi) is 26.6. The van der Waals surface area contributed by atoms with E-state index < -0.39 is 35.8 Å². The number of carboxylic acids is 6. The molecule has 0 amide bonds. The third kappa shape index (κ3) is 26.0. The van der Waals surface area contributed by atoms with Crippen LogP contribution in [0.5, 0.6) is 0 Å². The van der Waals surface area contributed by atoms with Gasteiger partial charge in [-0.05, 0) is 24.3 Å². The number of rotatable bonds is 6. The Balaban J connectivity index is 0.000000368. The van der Waals surface area contributed by atoms with Crippen molar-refractivity contribution in [3.05, 3.63) is 195 Å². The number of nitrogens with one attached hydrogen (secondary N) is 2. The van der Waals surface area contributed by atoms with E-state index in [0.29, 0.717) is 0 Å². The molecule has 0 atom stereocenters. The Bertz CT molecular complexity index is 2000. The molecular formula is C38H34N14O12. The maximum Gasteiger partial charge on any atom is 0.356 e. The third-order valence-corrected chi connectivity index (χ3v) is 5.69. The van der Waals surface area contributed by atoms with Gasteiger partial charge in [0.15, 0.2) is 34.2 Å². The largest absolute Gasteiger partial charge is 0.476 e. The van der Waals surface area contributed by atoms with Gasteiger partial charge in [0.2, 0.25) is 0 Å². The molecule has 0 unspecified atom stereocenters. The summed E-state index contributed by atoms with van der Waals surface area (Å²) in [4.78, 5) is 109. The Labute approximate surface area is 359 Å². The number of aromatic nitrogens is 14. The second kappa shape index (κ2) is 32.8. The lowest BCUT2D eigenvalue weighted by Gasteiger charge is -1.86. The van der Waals surface area contributed by atoms with Crippen molar-refractivity contribution in [2.75, 3.05) is 0 Å². The number of nitrogens with zero attached hydrogens (tertiary/aromatic N) is 12. The van der Waals surface area contributed by atoms with Gasteiger partial charge in [-0.2, -0.15) is 0 Å². The Morgan fingerprint density at radius 2 is 0.438 bits per heavy atom. The lowest BCUT2D eigenvalue weighted by Crippen LogP contribution is -1.99. The van der Waals surface area contributed by atoms with E-state index >= 15 is 0 Å². The average Bonchev–Trinajstić information content (AvgIpc) is 4.14. The maximum atomic E-state index is 10.1. The summed E-state index contributed by atoms with van der Waals surface area (Å²) in [5.41, 5.74) is -0.181. The summed E-state index contributed by atoms with van der Waals surface area (Å²) in [5, 5.41) is 49.7. The van der Waals surface area contributed by atoms with E-state index in [0.717, 1.165) is 0 Å². The second-order valence-electron chi connectivity index (χ2n) is 10.1. The highest BCUT2D eigenvalue weighted by atomic mass is 16.4. The highest BCUT2D eigenvalue weighted by Gasteiger charge is 2.03. The van der Waals surface area contributed by atoms with Crippen molar-refractivity contribution in [3.8, 4) is 0 Å². The van der Waals surface area contributed by atoms with E-state index in [2.05, 4.69) is 69.8 Å². The van der Waals surface area contributed by atoms with E-state index in [4.69, 9.17) is 30.6 Å². The quantitative estimate of drug-likeness (QED) is 0.119. The molecule has 0 saturated carbocycles. The first kappa shape index (κ1) is 51.9. The van der Waals surface area contributed by atoms with Crippen molar-refractivity contribution in [2.45, 2.75) is 0 Å². The first-order valence-corrected chi connectivity index (χ1v) is 16.9. The van der Waals surface area contributed by atoms with Gasteiger partial charge in [0.25, 0.3) is 0 Å². The molecule has 0 aliphatic heterocycles. The van der Waals surface area contributed by atoms with Crippen LogP contribution in [-0.4, -0.2) is 136 Å². The molecule has 8 rings (SSSR count). The highest BCUT2D eigenvalue weighted by molar-refractivity contribution is 5.86. The predicted molar refractivity (Wildman–Crippen MR) is 216 cm³/mol. The highest BCUT2D eigenvalue weighted by Crippen LogP contribution is 1.91. The van der Waals surface area contributed by atoms with Crippen molar-refractivity contribution in [2.24, 2.45) is 0 Å². The van der Waals surface area contributed by atoms with Gasteiger partial charge >= 0.3 is 35.8 Å². The number of hydrogen-bond acceptors (Lipinski definition) is 18. The van der Waals surface area contributed by atoms with Crippen LogP contribution < -0.4 is 0 Å². The molecule has 8 N–H and O–H groups in total. The van der Waals surface area contributed by atoms with Crippen molar-refractivity contribution in [1.29, 1.82) is 0 Å². The number of hydrogen-bond donors (Lipinski definition) is 8. The smallest absolute Gasteiger partial charge is 0.356 e. The van der Waals surface area contributed by atoms with E-state index in [1.54, 1.807) is 0 Å². The minimum absolute atomic E-state index is 0.0301. The molecule has 26 nitrogen and oxygen atoms in total. The number of aromatic carboxylic acids is 6. The van der Waals surface area contributed by atoms with Crippen molar-refractivity contribution >= 4 is 35.8 Å². The molecule has 0 aliphatic rings. The zero-order valence-corrected chi connectivity index (χ0v) is 32.5. The van der Waals surface area contributed by atoms with Crippen LogP contribution in [0.2, 0.25) is 0 Å². The minimum atomic E-state index is -1.05. The number of carboxylic acid groups (broad SMARTS) is 6. The molecule has 0 spiro atoms. The number of H-pyrrole nitrogens is 2. The number of aromatic amines is 2. The summed E-state index contributed by atoms with van der Waals surface area (Å²) in [6, 6.07) is 7.78. The summed E-state index contributed by atoms with van der Waals surface area (Å²) in [6.45, 7) is 0. The molecule has 8 aromatic rings. The minimum Gasteiger partial charge on any atom is -0.476 e. The fraction of sp³-hybridized carbons (Fsp3) is 0. The molecule has 8 aromatic heterocycles. The molecule has 0 aliphatic carbocycles. The molecular weight excluding hydrogens is 845 g/mol. The van der Waals surface area contributed by atoms with E-state index in [1.165, 1.54) is 112 Å². The van der Waals surface area contributed by atoms with Crippen molar-refractivity contribution < 1.29 is 59.4 Å². The summed E-state index contributed by atoms with van der Waals surface area (Å²) >= 11 is 0. The standard InChI is InChI=1S/6C5H4N2O2.2C4H5N/c6*8-5(9)4-3-6-1-2-7-4;2*1-2-4-5-3-1/h6*1-3H,(H,8,9);2*1-5H. The molecule has 8 heterocycles. The third-order valence-electron chi connectivity index (χ3n) is 5.69. The second-order valence-corrected chi connectivity index (χ2v) is 10.1. The van der Waals surface area contributed by atoms with Gasteiger partial charge in [-0.15, -0.1) is 0 Å². The molecule has 0 aromatic carbocycles. The Morgan fingerprint density at radius 3 is 0.500 bits per heavy atom. The van der Waals surface area contributed by atoms with Crippen LogP contribution in [0.15, 0.2) is 161 Å². The van der Waals surface area contributed by atoms with E-state index in [-0.39, 0.29) is 34.2 Å². The summed E-state index contributed by atoms with van der Waals surface area (Å²) in [6.07, 6.45) is 31.2. The molecule has 0 fully saturated rings. The maximum absolute atomic E-state index is 10.1. The monoisotopic (exact) mass is 878 g/mol. The van der Waals surface area contributed by atoms with Gasteiger partial charge in [0, 0.05) is 99.1 Å². The summed E-state index contributed by atoms with van der Waals surface area (Å²) in [5.74, 6) is -6.32. The molecule has 0 saturated heterocycles. The van der Waals surface area contributed by atoms with Gasteiger partial charge in [-0.1, -0.05) is 0 Å².